The minimum absolute atomic E-state index is 0. The Hall–Kier alpha value is -0.880. The van der Waals surface area contributed by atoms with Gasteiger partial charge in [-0.2, -0.15) is 0 Å². The van der Waals surface area contributed by atoms with Crippen molar-refractivity contribution in [3.63, 3.8) is 0 Å². The van der Waals surface area contributed by atoms with Gasteiger partial charge in [-0.3, -0.25) is 30.8 Å². The van der Waals surface area contributed by atoms with E-state index >= 15 is 0 Å². The van der Waals surface area contributed by atoms with E-state index in [1.54, 1.807) is 0 Å². The summed E-state index contributed by atoms with van der Waals surface area (Å²) in [6.07, 6.45) is 0. The molecule has 278 valence electrons. The van der Waals surface area contributed by atoms with Crippen LogP contribution in [0.1, 0.15) is 79.0 Å². The van der Waals surface area contributed by atoms with Crippen molar-refractivity contribution in [3.8, 4) is 0 Å². The van der Waals surface area contributed by atoms with Crippen LogP contribution in [-0.4, -0.2) is 40.8 Å². The lowest BCUT2D eigenvalue weighted by Gasteiger charge is -2.35. The van der Waals surface area contributed by atoms with Crippen molar-refractivity contribution >= 4 is 86.7 Å². The van der Waals surface area contributed by atoms with Gasteiger partial charge in [-0.05, 0) is 80.5 Å². The summed E-state index contributed by atoms with van der Waals surface area (Å²) in [5, 5.41) is 37.3. The molecule has 0 heterocycles. The first-order valence-electron chi connectivity index (χ1n) is 15.4. The summed E-state index contributed by atoms with van der Waals surface area (Å²) in [5.74, 6) is 0. The Morgan fingerprint density at radius 1 is 0.469 bits per heavy atom. The van der Waals surface area contributed by atoms with E-state index in [1.165, 1.54) is 20.1 Å². The van der Waals surface area contributed by atoms with Gasteiger partial charge in [0, 0.05) is 16.7 Å². The Morgan fingerprint density at radius 2 is 0.653 bits per heavy atom. The number of hydrogen-bond donors (Lipinski definition) is 4. The fraction of sp³-hybridized carbons (Fsp3) is 0.486. The zero-order chi connectivity index (χ0) is 37.0. The van der Waals surface area contributed by atoms with E-state index in [0.29, 0.717) is 19.6 Å². The molecule has 0 amide bonds. The fourth-order valence-corrected chi connectivity index (χ4v) is 4.68. The molecule has 3 aromatic rings. The summed E-state index contributed by atoms with van der Waals surface area (Å²) < 4.78 is -1.50. The first kappa shape index (κ1) is 48.1. The van der Waals surface area contributed by atoms with Crippen LogP contribution in [0.25, 0.3) is 0 Å². The van der Waals surface area contributed by atoms with Crippen molar-refractivity contribution in [1.82, 2.24) is 0 Å². The van der Waals surface area contributed by atoms with Crippen LogP contribution in [0.2, 0.25) is 0 Å². The summed E-state index contributed by atoms with van der Waals surface area (Å²) >= 11 is 28.8. The zero-order valence-corrected chi connectivity index (χ0v) is 35.7. The second-order valence-corrected chi connectivity index (χ2v) is 18.1. The van der Waals surface area contributed by atoms with Crippen molar-refractivity contribution in [3.05, 3.63) is 89.5 Å². The summed E-state index contributed by atoms with van der Waals surface area (Å²) in [6.45, 7) is 19.7. The molecule has 49 heavy (non-hydrogen) atoms. The molecule has 0 fully saturated rings. The Labute approximate surface area is 333 Å². The average Bonchev–Trinajstić information content (AvgIpc) is 2.95. The highest BCUT2D eigenvalue weighted by molar-refractivity contribution is 6.63. The van der Waals surface area contributed by atoms with E-state index in [0.717, 1.165) is 33.8 Å². The van der Waals surface area contributed by atoms with E-state index < -0.39 is 25.2 Å². The van der Waals surface area contributed by atoms with Gasteiger partial charge in [0.05, 0.1) is 33.7 Å². The summed E-state index contributed by atoms with van der Waals surface area (Å²) in [4.78, 5) is 1.19. The van der Waals surface area contributed by atoms with Gasteiger partial charge in [0.2, 0.25) is 0 Å². The Morgan fingerprint density at radius 3 is 0.837 bits per heavy atom. The number of nitrogens with zero attached hydrogens (tertiary/aromatic N) is 3. The molecule has 0 aliphatic rings. The van der Waals surface area contributed by atoms with Crippen LogP contribution in [0.3, 0.4) is 0 Å². The molecule has 3 aromatic carbocycles. The summed E-state index contributed by atoms with van der Waals surface area (Å²) in [6, 6.07) is 23.8. The highest BCUT2D eigenvalue weighted by Gasteiger charge is 2.28. The monoisotopic (exact) mass is 864 g/mol. The van der Waals surface area contributed by atoms with Gasteiger partial charge in [-0.15, -0.1) is 0 Å². The van der Waals surface area contributed by atoms with E-state index in [9.17, 15) is 15.6 Å². The number of hydroxylamine groups is 3. The summed E-state index contributed by atoms with van der Waals surface area (Å²) in [5.41, 5.74) is 3.94. The minimum atomic E-state index is -0.750. The minimum Gasteiger partial charge on any atom is -1.00 e. The topological polar surface area (TPSA) is 74.8 Å². The lowest BCUT2D eigenvalue weighted by molar-refractivity contribution is -0.941. The maximum atomic E-state index is 11.1. The van der Waals surface area contributed by atoms with Crippen molar-refractivity contribution in [1.29, 1.82) is 0 Å². The van der Waals surface area contributed by atoms with E-state index in [1.807, 2.05) is 117 Å². The number of halogens is 7. The normalized spacial score (nSPS) is 11.7. The molecule has 4 N–H and O–H groups in total. The van der Waals surface area contributed by atoms with E-state index in [4.69, 9.17) is 69.6 Å². The molecule has 0 unspecified atom stereocenters. The molecule has 0 atom stereocenters. The number of benzene rings is 3. The molecule has 7 nitrogen and oxygen atoms in total. The molecular weight excluding hydrogens is 817 g/mol. The zero-order valence-electron chi connectivity index (χ0n) is 29.5. The molecular formula is C35H51BrCl6N4O3. The second-order valence-electron chi connectivity index (χ2n) is 14.1. The SMILES string of the molecule is CC(C)(C)N(O)c1ccccc1C[NH+](Cc1ccccc1N(O)C(C)(C)C)Cc1ccccc1N(O)C(C)(C)C.ClC(Cl)Cl.ClC(Cl)Cl.[Br-]. The maximum Gasteiger partial charge on any atom is 0.180 e. The van der Waals surface area contributed by atoms with Crippen molar-refractivity contribution in [2.45, 2.75) is 107 Å². The standard InChI is InChI=1S/C33H48N4O3.2CHCl3.BrH/c1-31(2,3)35(38)28-19-13-10-16-25(28)22-34(23-26-17-11-14-20-29(26)36(39)32(4,5)6)24-27-18-12-15-21-30(27)37(40)33(7,8)9;2*2-1(3)4;/h10-21,38-40H,22-24H2,1-9H3;2*1H;1H. The molecule has 0 aliphatic heterocycles. The number of anilines is 3. The maximum absolute atomic E-state index is 11.1. The van der Waals surface area contributed by atoms with Crippen LogP contribution < -0.4 is 37.1 Å². The predicted octanol–water partition coefficient (Wildman–Crippen LogP) is 7.43. The number of hydrogen-bond acceptors (Lipinski definition) is 6. The number of para-hydroxylation sites is 3. The van der Waals surface area contributed by atoms with Gasteiger partial charge >= 0.3 is 0 Å². The highest BCUT2D eigenvalue weighted by atomic mass is 79.9. The molecule has 0 bridgehead atoms. The highest BCUT2D eigenvalue weighted by Crippen LogP contribution is 2.29. The van der Waals surface area contributed by atoms with Crippen LogP contribution >= 0.6 is 69.6 Å². The smallest absolute Gasteiger partial charge is 0.180 e. The van der Waals surface area contributed by atoms with Gasteiger partial charge < -0.3 is 21.9 Å². The quantitative estimate of drug-likeness (QED) is 0.133. The number of nitrogens with one attached hydrogen (secondary N) is 1. The first-order chi connectivity index (χ1) is 22.0. The van der Waals surface area contributed by atoms with Crippen LogP contribution in [-0.2, 0) is 19.6 Å². The van der Waals surface area contributed by atoms with Gasteiger partial charge in [-0.25, -0.2) is 0 Å². The third kappa shape index (κ3) is 17.5. The van der Waals surface area contributed by atoms with Crippen LogP contribution in [0.4, 0.5) is 17.1 Å². The Bertz CT molecular complexity index is 1220. The number of quaternary nitrogens is 1. The second kappa shape index (κ2) is 21.6. The predicted molar refractivity (Wildman–Crippen MR) is 206 cm³/mol. The van der Waals surface area contributed by atoms with Gasteiger partial charge in [0.1, 0.15) is 19.6 Å². The van der Waals surface area contributed by atoms with Gasteiger partial charge in [-0.1, -0.05) is 124 Å². The van der Waals surface area contributed by atoms with Crippen molar-refractivity contribution in [2.24, 2.45) is 0 Å². The Balaban J connectivity index is 0.00000230. The third-order valence-electron chi connectivity index (χ3n) is 6.89. The van der Waals surface area contributed by atoms with Crippen LogP contribution in [0, 0.1) is 0 Å². The van der Waals surface area contributed by atoms with Crippen LogP contribution in [0.15, 0.2) is 72.8 Å². The molecule has 3 rings (SSSR count). The molecule has 0 aromatic heterocycles. The van der Waals surface area contributed by atoms with E-state index in [-0.39, 0.29) is 17.0 Å². The van der Waals surface area contributed by atoms with Gasteiger partial charge in [0.25, 0.3) is 0 Å². The van der Waals surface area contributed by atoms with Crippen LogP contribution in [0.5, 0.6) is 0 Å². The van der Waals surface area contributed by atoms with Crippen molar-refractivity contribution in [2.75, 3.05) is 15.2 Å². The largest absolute Gasteiger partial charge is 1.00 e. The molecule has 0 aliphatic carbocycles. The van der Waals surface area contributed by atoms with E-state index in [2.05, 4.69) is 18.2 Å². The molecule has 0 saturated carbocycles. The van der Waals surface area contributed by atoms with Gasteiger partial charge in [0.15, 0.2) is 8.59 Å². The molecule has 0 saturated heterocycles. The van der Waals surface area contributed by atoms with Crippen molar-refractivity contribution < 1.29 is 37.5 Å². The lowest BCUT2D eigenvalue weighted by Crippen LogP contribution is -3.08. The molecule has 0 spiro atoms. The number of rotatable bonds is 9. The average molecular weight is 868 g/mol. The summed E-state index contributed by atoms with van der Waals surface area (Å²) in [7, 11) is 0. The number of alkyl halides is 6. The lowest BCUT2D eigenvalue weighted by atomic mass is 10.0. The fourth-order valence-electron chi connectivity index (χ4n) is 4.68. The Kier molecular flexibility index (Phi) is 21.2. The molecule has 0 radical (unpaired) electrons. The third-order valence-corrected chi connectivity index (χ3v) is 6.89. The molecule has 14 heteroatoms. The first-order valence-corrected chi connectivity index (χ1v) is 18.0.